The monoisotopic (exact) mass is 375 g/mol. The van der Waals surface area contributed by atoms with E-state index in [4.69, 9.17) is 4.74 Å². The number of ether oxygens (including phenoxy) is 1. The van der Waals surface area contributed by atoms with Crippen molar-refractivity contribution in [3.8, 4) is 10.6 Å². The lowest BCUT2D eigenvalue weighted by atomic mass is 10.2. The third kappa shape index (κ3) is 3.08. The molecule has 11 heteroatoms. The van der Waals surface area contributed by atoms with Gasteiger partial charge in [0, 0.05) is 18.8 Å². The first-order valence-electron chi connectivity index (χ1n) is 7.77. The lowest BCUT2D eigenvalue weighted by Gasteiger charge is -2.13. The Hall–Kier alpha value is -3.08. The van der Waals surface area contributed by atoms with Crippen LogP contribution in [0.4, 0.5) is 20.0 Å². The van der Waals surface area contributed by atoms with Crippen molar-refractivity contribution in [3.63, 3.8) is 0 Å². The van der Waals surface area contributed by atoms with Crippen molar-refractivity contribution in [2.75, 3.05) is 23.8 Å². The van der Waals surface area contributed by atoms with Gasteiger partial charge in [-0.2, -0.15) is 0 Å². The molecule has 0 saturated carbocycles. The molecule has 2 aromatic heterocycles. The smallest absolute Gasteiger partial charge is 0.414 e. The summed E-state index contributed by atoms with van der Waals surface area (Å²) in [4.78, 5) is 13.5. The Morgan fingerprint density at radius 2 is 2.31 bits per heavy atom. The third-order valence-corrected chi connectivity index (χ3v) is 4.84. The van der Waals surface area contributed by atoms with E-state index in [2.05, 4.69) is 25.8 Å². The molecule has 1 atom stereocenters. The number of rotatable bonds is 5. The van der Waals surface area contributed by atoms with Gasteiger partial charge in [-0.25, -0.2) is 13.9 Å². The summed E-state index contributed by atoms with van der Waals surface area (Å²) in [6, 6.07) is 4.55. The summed E-state index contributed by atoms with van der Waals surface area (Å²) in [6.07, 6.45) is 2.34. The molecule has 0 radical (unpaired) electrons. The van der Waals surface area contributed by atoms with E-state index in [1.54, 1.807) is 36.3 Å². The maximum absolute atomic E-state index is 14.5. The van der Waals surface area contributed by atoms with E-state index in [1.165, 1.54) is 22.3 Å². The van der Waals surface area contributed by atoms with Crippen LogP contribution in [0.5, 0.6) is 0 Å². The normalized spacial score (nSPS) is 16.8. The Bertz CT molecular complexity index is 930. The zero-order chi connectivity index (χ0) is 18.1. The zero-order valence-corrected chi connectivity index (χ0v) is 14.5. The van der Waals surface area contributed by atoms with Gasteiger partial charge in [0.25, 0.3) is 0 Å². The average molecular weight is 375 g/mol. The van der Waals surface area contributed by atoms with E-state index < -0.39 is 11.9 Å². The molecule has 1 N–H and O–H groups in total. The summed E-state index contributed by atoms with van der Waals surface area (Å²) < 4.78 is 21.5. The molecule has 134 valence electrons. The van der Waals surface area contributed by atoms with Gasteiger partial charge in [0.2, 0.25) is 5.13 Å². The quantitative estimate of drug-likeness (QED) is 0.728. The summed E-state index contributed by atoms with van der Waals surface area (Å²) in [7, 11) is 1.72. The number of carbonyl (C=O) groups is 1. The summed E-state index contributed by atoms with van der Waals surface area (Å²) in [5, 5.41) is 19.4. The molecule has 0 unspecified atom stereocenters. The number of anilines is 2. The fraction of sp³-hybridized carbons (Fsp3) is 0.267. The van der Waals surface area contributed by atoms with Crippen LogP contribution in [0.25, 0.3) is 10.6 Å². The van der Waals surface area contributed by atoms with E-state index in [-0.39, 0.29) is 6.10 Å². The second-order valence-corrected chi connectivity index (χ2v) is 6.55. The lowest BCUT2D eigenvalue weighted by molar-refractivity contribution is 0.129. The van der Waals surface area contributed by atoms with Gasteiger partial charge in [-0.3, -0.25) is 4.90 Å². The van der Waals surface area contributed by atoms with Crippen molar-refractivity contribution in [2.24, 2.45) is 0 Å². The van der Waals surface area contributed by atoms with Gasteiger partial charge < -0.3 is 10.1 Å². The molecular weight excluding hydrogens is 361 g/mol. The minimum Gasteiger partial charge on any atom is -0.442 e. The molecule has 1 aromatic carbocycles. The largest absolute Gasteiger partial charge is 0.442 e. The highest BCUT2D eigenvalue weighted by Crippen LogP contribution is 2.31. The van der Waals surface area contributed by atoms with Crippen LogP contribution in [-0.2, 0) is 11.3 Å². The Kier molecular flexibility index (Phi) is 4.21. The molecule has 0 bridgehead atoms. The van der Waals surface area contributed by atoms with Crippen LogP contribution in [-0.4, -0.2) is 51.0 Å². The fourth-order valence-corrected chi connectivity index (χ4v) is 3.37. The van der Waals surface area contributed by atoms with Gasteiger partial charge >= 0.3 is 6.09 Å². The SMILES string of the molecule is CNc1nnc(-c2ccc(N3C[C@H](Cn4ccnn4)OC3=O)cc2F)s1. The number of cyclic esters (lactones) is 1. The number of nitrogens with one attached hydrogen (secondary N) is 1. The average Bonchev–Trinajstić information content (AvgIpc) is 3.36. The van der Waals surface area contributed by atoms with Crippen molar-refractivity contribution < 1.29 is 13.9 Å². The Labute approximate surface area is 151 Å². The van der Waals surface area contributed by atoms with Crippen molar-refractivity contribution in [1.82, 2.24) is 25.2 Å². The second kappa shape index (κ2) is 6.67. The predicted molar refractivity (Wildman–Crippen MR) is 92.5 cm³/mol. The van der Waals surface area contributed by atoms with Crippen molar-refractivity contribution in [1.29, 1.82) is 0 Å². The maximum Gasteiger partial charge on any atom is 0.414 e. The minimum atomic E-state index is -0.518. The highest BCUT2D eigenvalue weighted by Gasteiger charge is 2.33. The highest BCUT2D eigenvalue weighted by atomic mass is 32.1. The minimum absolute atomic E-state index is 0.306. The van der Waals surface area contributed by atoms with E-state index in [9.17, 15) is 9.18 Å². The summed E-state index contributed by atoms with van der Waals surface area (Å²) in [5.74, 6) is -0.478. The topological polar surface area (TPSA) is 98.1 Å². The van der Waals surface area contributed by atoms with Crippen LogP contribution in [0.15, 0.2) is 30.6 Å². The standard InChI is InChI=1S/C15H14FN7O2S/c1-17-14-20-19-13(26-14)11-3-2-9(6-12(11)16)23-8-10(25-15(23)24)7-22-5-4-18-21-22/h2-6,10H,7-8H2,1H3,(H,17,20)/t10-/m0/s1. The molecule has 1 saturated heterocycles. The van der Waals surface area contributed by atoms with Gasteiger partial charge in [-0.05, 0) is 18.2 Å². The summed E-state index contributed by atoms with van der Waals surface area (Å²) in [6.45, 7) is 0.695. The molecule has 3 aromatic rings. The number of benzene rings is 1. The number of halogens is 1. The molecule has 1 aliphatic heterocycles. The van der Waals surface area contributed by atoms with Gasteiger partial charge in [-0.1, -0.05) is 16.6 Å². The number of carbonyl (C=O) groups excluding carboxylic acids is 1. The van der Waals surface area contributed by atoms with E-state index in [0.29, 0.717) is 34.5 Å². The van der Waals surface area contributed by atoms with Crippen LogP contribution in [0.2, 0.25) is 0 Å². The van der Waals surface area contributed by atoms with Crippen LogP contribution >= 0.6 is 11.3 Å². The molecule has 4 rings (SSSR count). The first-order valence-corrected chi connectivity index (χ1v) is 8.59. The first kappa shape index (κ1) is 16.4. The van der Waals surface area contributed by atoms with Crippen LogP contribution in [0.3, 0.4) is 0 Å². The van der Waals surface area contributed by atoms with Gasteiger partial charge in [-0.15, -0.1) is 15.3 Å². The first-order chi connectivity index (χ1) is 12.6. The molecular formula is C15H14FN7O2S. The molecule has 26 heavy (non-hydrogen) atoms. The van der Waals surface area contributed by atoms with Crippen LogP contribution in [0, 0.1) is 5.82 Å². The molecule has 0 aliphatic carbocycles. The van der Waals surface area contributed by atoms with E-state index in [1.807, 2.05) is 0 Å². The third-order valence-electron chi connectivity index (χ3n) is 3.87. The number of hydrogen-bond acceptors (Lipinski definition) is 8. The lowest BCUT2D eigenvalue weighted by Crippen LogP contribution is -2.26. The summed E-state index contributed by atoms with van der Waals surface area (Å²) in [5.41, 5.74) is 0.759. The fourth-order valence-electron chi connectivity index (χ4n) is 2.64. The Balaban J connectivity index is 1.52. The van der Waals surface area contributed by atoms with Gasteiger partial charge in [0.1, 0.15) is 11.9 Å². The number of aromatic nitrogens is 5. The van der Waals surface area contributed by atoms with E-state index in [0.717, 1.165) is 0 Å². The highest BCUT2D eigenvalue weighted by molar-refractivity contribution is 7.18. The molecule has 1 fully saturated rings. The number of amides is 1. The molecule has 0 spiro atoms. The van der Waals surface area contributed by atoms with Crippen molar-refractivity contribution >= 4 is 28.2 Å². The van der Waals surface area contributed by atoms with Gasteiger partial charge in [0.05, 0.1) is 25.0 Å². The Morgan fingerprint density at radius 3 is 3.00 bits per heavy atom. The van der Waals surface area contributed by atoms with Crippen molar-refractivity contribution in [3.05, 3.63) is 36.4 Å². The van der Waals surface area contributed by atoms with Crippen LogP contribution in [0.1, 0.15) is 0 Å². The predicted octanol–water partition coefficient (Wildman–Crippen LogP) is 2.00. The maximum atomic E-state index is 14.5. The number of hydrogen-bond donors (Lipinski definition) is 1. The molecule has 1 amide bonds. The Morgan fingerprint density at radius 1 is 1.42 bits per heavy atom. The van der Waals surface area contributed by atoms with E-state index >= 15 is 0 Å². The molecule has 9 nitrogen and oxygen atoms in total. The van der Waals surface area contributed by atoms with Crippen LogP contribution < -0.4 is 10.2 Å². The number of nitrogens with zero attached hydrogens (tertiary/aromatic N) is 6. The molecule has 3 heterocycles. The zero-order valence-electron chi connectivity index (χ0n) is 13.7. The molecule has 1 aliphatic rings. The summed E-state index contributed by atoms with van der Waals surface area (Å²) >= 11 is 1.25. The van der Waals surface area contributed by atoms with Crippen molar-refractivity contribution in [2.45, 2.75) is 12.6 Å². The second-order valence-electron chi connectivity index (χ2n) is 5.57. The van der Waals surface area contributed by atoms with Gasteiger partial charge in [0.15, 0.2) is 5.01 Å².